The molecule has 0 amide bonds. The Kier molecular flexibility index (Phi) is 1.79. The van der Waals surface area contributed by atoms with Crippen LogP contribution in [-0.2, 0) is 6.42 Å². The molecule has 0 atom stereocenters. The highest BCUT2D eigenvalue weighted by atomic mass is 15.0. The van der Waals surface area contributed by atoms with Gasteiger partial charge in [0.05, 0.1) is 11.8 Å². The molecule has 0 spiro atoms. The standard InChI is InChI=1S/C10H13N3/c1-4-8-6(2)9-10(12-5-11-9)13-7(8)3/h5H,4H2,1-3H3,(H,11,12,13). The molecule has 0 aliphatic carbocycles. The molecule has 3 heteroatoms. The number of nitrogens with zero attached hydrogens (tertiary/aromatic N) is 2. The third-order valence-electron chi connectivity index (χ3n) is 2.51. The van der Waals surface area contributed by atoms with Crippen LogP contribution in [0.3, 0.4) is 0 Å². The first-order chi connectivity index (χ1) is 6.24. The number of aromatic nitrogens is 3. The number of imidazole rings is 1. The van der Waals surface area contributed by atoms with E-state index in [9.17, 15) is 0 Å². The zero-order chi connectivity index (χ0) is 9.42. The lowest BCUT2D eigenvalue weighted by molar-refractivity contribution is 1.04. The van der Waals surface area contributed by atoms with E-state index in [1.807, 2.05) is 6.92 Å². The quantitative estimate of drug-likeness (QED) is 0.721. The Morgan fingerprint density at radius 2 is 2.15 bits per heavy atom. The van der Waals surface area contributed by atoms with E-state index in [2.05, 4.69) is 28.8 Å². The fraction of sp³-hybridized carbons (Fsp3) is 0.400. The van der Waals surface area contributed by atoms with Gasteiger partial charge >= 0.3 is 0 Å². The van der Waals surface area contributed by atoms with Gasteiger partial charge in [0.25, 0.3) is 0 Å². The van der Waals surface area contributed by atoms with Gasteiger partial charge in [-0.3, -0.25) is 0 Å². The molecule has 0 radical (unpaired) electrons. The number of H-pyrrole nitrogens is 1. The first kappa shape index (κ1) is 8.23. The summed E-state index contributed by atoms with van der Waals surface area (Å²) in [6, 6.07) is 0. The third-order valence-corrected chi connectivity index (χ3v) is 2.51. The topological polar surface area (TPSA) is 41.6 Å². The second-order valence-corrected chi connectivity index (χ2v) is 3.26. The summed E-state index contributed by atoms with van der Waals surface area (Å²) in [5.41, 5.74) is 5.61. The lowest BCUT2D eigenvalue weighted by atomic mass is 10.1. The molecule has 13 heavy (non-hydrogen) atoms. The van der Waals surface area contributed by atoms with Crippen molar-refractivity contribution in [2.75, 3.05) is 0 Å². The van der Waals surface area contributed by atoms with E-state index in [0.717, 1.165) is 23.3 Å². The first-order valence-corrected chi connectivity index (χ1v) is 4.53. The van der Waals surface area contributed by atoms with E-state index >= 15 is 0 Å². The van der Waals surface area contributed by atoms with Crippen molar-refractivity contribution >= 4 is 11.2 Å². The van der Waals surface area contributed by atoms with Crippen molar-refractivity contribution in [3.8, 4) is 0 Å². The molecule has 0 aliphatic heterocycles. The first-order valence-electron chi connectivity index (χ1n) is 4.53. The average molecular weight is 175 g/mol. The van der Waals surface area contributed by atoms with Crippen molar-refractivity contribution < 1.29 is 0 Å². The van der Waals surface area contributed by atoms with Crippen LogP contribution in [0.25, 0.3) is 11.2 Å². The van der Waals surface area contributed by atoms with Gasteiger partial charge in [0.15, 0.2) is 5.65 Å². The maximum Gasteiger partial charge on any atom is 0.177 e. The summed E-state index contributed by atoms with van der Waals surface area (Å²) in [6.07, 6.45) is 2.73. The highest BCUT2D eigenvalue weighted by Crippen LogP contribution is 2.19. The Hall–Kier alpha value is -1.38. The van der Waals surface area contributed by atoms with Crippen molar-refractivity contribution in [2.24, 2.45) is 0 Å². The van der Waals surface area contributed by atoms with Gasteiger partial charge in [0.2, 0.25) is 0 Å². The SMILES string of the molecule is CCc1c(C)nc2nc[nH]c2c1C. The summed E-state index contributed by atoms with van der Waals surface area (Å²) in [5.74, 6) is 0. The minimum Gasteiger partial charge on any atom is -0.343 e. The molecule has 0 bridgehead atoms. The average Bonchev–Trinajstić information content (AvgIpc) is 2.53. The largest absolute Gasteiger partial charge is 0.343 e. The summed E-state index contributed by atoms with van der Waals surface area (Å²) in [6.45, 7) is 6.31. The Labute approximate surface area is 77.2 Å². The normalized spacial score (nSPS) is 11.0. The Morgan fingerprint density at radius 1 is 1.38 bits per heavy atom. The van der Waals surface area contributed by atoms with E-state index in [1.54, 1.807) is 6.33 Å². The van der Waals surface area contributed by atoms with Gasteiger partial charge in [-0.15, -0.1) is 0 Å². The Balaban J connectivity index is 2.85. The molecule has 0 fully saturated rings. The maximum absolute atomic E-state index is 4.42. The molecule has 0 aromatic carbocycles. The summed E-state index contributed by atoms with van der Waals surface area (Å²) in [5, 5.41) is 0. The number of aromatic amines is 1. The summed E-state index contributed by atoms with van der Waals surface area (Å²) in [4.78, 5) is 11.7. The molecule has 1 N–H and O–H groups in total. The van der Waals surface area contributed by atoms with Crippen LogP contribution in [0.2, 0.25) is 0 Å². The molecular formula is C10H13N3. The highest BCUT2D eigenvalue weighted by molar-refractivity contribution is 5.75. The number of aryl methyl sites for hydroxylation is 2. The van der Waals surface area contributed by atoms with E-state index < -0.39 is 0 Å². The van der Waals surface area contributed by atoms with Crippen molar-refractivity contribution in [3.63, 3.8) is 0 Å². The molecule has 2 rings (SSSR count). The van der Waals surface area contributed by atoms with Crippen LogP contribution in [0.1, 0.15) is 23.7 Å². The summed E-state index contributed by atoms with van der Waals surface area (Å²) >= 11 is 0. The molecule has 0 aliphatic rings. The number of nitrogens with one attached hydrogen (secondary N) is 1. The number of hydrogen-bond acceptors (Lipinski definition) is 2. The van der Waals surface area contributed by atoms with Gasteiger partial charge < -0.3 is 4.98 Å². The van der Waals surface area contributed by atoms with Crippen LogP contribution in [0.5, 0.6) is 0 Å². The molecule has 68 valence electrons. The molecule has 2 aromatic heterocycles. The number of pyridine rings is 1. The van der Waals surface area contributed by atoms with Gasteiger partial charge in [-0.05, 0) is 31.4 Å². The molecule has 0 unspecified atom stereocenters. The lowest BCUT2D eigenvalue weighted by Gasteiger charge is -2.06. The molecule has 0 saturated heterocycles. The summed E-state index contributed by atoms with van der Waals surface area (Å²) < 4.78 is 0. The number of rotatable bonds is 1. The van der Waals surface area contributed by atoms with E-state index in [-0.39, 0.29) is 0 Å². The van der Waals surface area contributed by atoms with Crippen molar-refractivity contribution in [2.45, 2.75) is 27.2 Å². The third kappa shape index (κ3) is 1.11. The zero-order valence-electron chi connectivity index (χ0n) is 8.18. The Morgan fingerprint density at radius 3 is 2.85 bits per heavy atom. The van der Waals surface area contributed by atoms with E-state index in [4.69, 9.17) is 0 Å². The molecule has 3 nitrogen and oxygen atoms in total. The van der Waals surface area contributed by atoms with Crippen molar-refractivity contribution in [1.82, 2.24) is 15.0 Å². The number of hydrogen-bond donors (Lipinski definition) is 1. The highest BCUT2D eigenvalue weighted by Gasteiger charge is 2.08. The minimum absolute atomic E-state index is 0.826. The molecule has 2 aromatic rings. The fourth-order valence-corrected chi connectivity index (χ4v) is 1.82. The van der Waals surface area contributed by atoms with Crippen LogP contribution >= 0.6 is 0 Å². The second-order valence-electron chi connectivity index (χ2n) is 3.26. The van der Waals surface area contributed by atoms with Crippen LogP contribution in [0, 0.1) is 13.8 Å². The van der Waals surface area contributed by atoms with Gasteiger partial charge in [-0.1, -0.05) is 6.92 Å². The minimum atomic E-state index is 0.826. The Bertz CT molecular complexity index is 443. The molecule has 0 saturated carbocycles. The van der Waals surface area contributed by atoms with Crippen LogP contribution < -0.4 is 0 Å². The predicted octanol–water partition coefficient (Wildman–Crippen LogP) is 2.14. The molecular weight excluding hydrogens is 162 g/mol. The van der Waals surface area contributed by atoms with Crippen molar-refractivity contribution in [3.05, 3.63) is 23.1 Å². The van der Waals surface area contributed by atoms with Crippen LogP contribution in [-0.4, -0.2) is 15.0 Å². The van der Waals surface area contributed by atoms with Crippen LogP contribution in [0.4, 0.5) is 0 Å². The van der Waals surface area contributed by atoms with Crippen molar-refractivity contribution in [1.29, 1.82) is 0 Å². The van der Waals surface area contributed by atoms with E-state index in [1.165, 1.54) is 11.1 Å². The molecule has 2 heterocycles. The second kappa shape index (κ2) is 2.83. The van der Waals surface area contributed by atoms with Gasteiger partial charge in [0, 0.05) is 5.69 Å². The van der Waals surface area contributed by atoms with Crippen LogP contribution in [0.15, 0.2) is 6.33 Å². The fourth-order valence-electron chi connectivity index (χ4n) is 1.82. The van der Waals surface area contributed by atoms with Gasteiger partial charge in [-0.25, -0.2) is 9.97 Å². The summed E-state index contributed by atoms with van der Waals surface area (Å²) in [7, 11) is 0. The number of fused-ring (bicyclic) bond motifs is 1. The maximum atomic E-state index is 4.42. The van der Waals surface area contributed by atoms with E-state index in [0.29, 0.717) is 0 Å². The van der Waals surface area contributed by atoms with Gasteiger partial charge in [-0.2, -0.15) is 0 Å². The smallest absolute Gasteiger partial charge is 0.177 e. The zero-order valence-corrected chi connectivity index (χ0v) is 8.18. The lowest BCUT2D eigenvalue weighted by Crippen LogP contribution is -1.96. The predicted molar refractivity (Wildman–Crippen MR) is 52.7 cm³/mol. The van der Waals surface area contributed by atoms with Gasteiger partial charge in [0.1, 0.15) is 0 Å². The monoisotopic (exact) mass is 175 g/mol.